The zero-order chi connectivity index (χ0) is 30.6. The Morgan fingerprint density at radius 2 is 1.50 bits per heavy atom. The fourth-order valence-electron chi connectivity index (χ4n) is 4.13. The zero-order valence-corrected chi connectivity index (χ0v) is 23.4. The van der Waals surface area contributed by atoms with Crippen molar-refractivity contribution < 1.29 is 33.4 Å². The Balaban J connectivity index is 1.66. The van der Waals surface area contributed by atoms with Gasteiger partial charge in [0.25, 0.3) is 5.91 Å². The minimum Gasteiger partial charge on any atom is -0.478 e. The van der Waals surface area contributed by atoms with Crippen molar-refractivity contribution >= 4 is 35.3 Å². The van der Waals surface area contributed by atoms with E-state index in [-0.39, 0.29) is 33.9 Å². The highest BCUT2D eigenvalue weighted by atomic mass is 16.6. The summed E-state index contributed by atoms with van der Waals surface area (Å²) in [5.41, 5.74) is 1.56. The number of amidine groups is 1. The molecule has 0 aliphatic carbocycles. The van der Waals surface area contributed by atoms with Crippen LogP contribution in [0, 0.1) is 5.41 Å². The van der Waals surface area contributed by atoms with Crippen molar-refractivity contribution in [3.8, 4) is 22.5 Å². The van der Waals surface area contributed by atoms with Crippen LogP contribution in [0.1, 0.15) is 64.3 Å². The molecule has 2 amide bonds. The Kier molecular flexibility index (Phi) is 8.37. The van der Waals surface area contributed by atoms with Gasteiger partial charge in [0.15, 0.2) is 5.78 Å². The molecule has 0 fully saturated rings. The van der Waals surface area contributed by atoms with Gasteiger partial charge in [0.05, 0.1) is 11.8 Å². The van der Waals surface area contributed by atoms with E-state index in [1.54, 1.807) is 75.4 Å². The van der Waals surface area contributed by atoms with E-state index < -0.39 is 23.6 Å². The standard InChI is InChI=1S/C32H29N3O7/c1-18(36)20-9-13-24(26(16-20)30(38)39)23-14-10-21(27-6-5-15-41-27)17-25(23)29(37)34-22-11-7-19(8-12-22)28(33)35-31(40)42-32(2,3)4/h5-17H,1-4H3,(H,34,37)(H,38,39)(H2,33,35,40). The smallest absolute Gasteiger partial charge is 0.413 e. The number of Topliss-reactive ketones (excluding diaryl/α,β-unsaturated/α-hetero) is 1. The summed E-state index contributed by atoms with van der Waals surface area (Å²) in [6.07, 6.45) is 0.744. The lowest BCUT2D eigenvalue weighted by atomic mass is 9.91. The molecule has 4 N–H and O–H groups in total. The number of hydrogen-bond acceptors (Lipinski definition) is 7. The second-order valence-electron chi connectivity index (χ2n) is 10.4. The average molecular weight is 568 g/mol. The number of anilines is 1. The predicted molar refractivity (Wildman–Crippen MR) is 157 cm³/mol. The third-order valence-corrected chi connectivity index (χ3v) is 6.07. The van der Waals surface area contributed by atoms with Gasteiger partial charge in [0.2, 0.25) is 0 Å². The lowest BCUT2D eigenvalue weighted by molar-refractivity contribution is 0.0561. The molecule has 10 nitrogen and oxygen atoms in total. The van der Waals surface area contributed by atoms with Crippen molar-refractivity contribution in [1.29, 1.82) is 5.41 Å². The fraction of sp³-hybridized carbons (Fsp3) is 0.156. The van der Waals surface area contributed by atoms with Crippen LogP contribution < -0.4 is 10.6 Å². The minimum atomic E-state index is -1.24. The van der Waals surface area contributed by atoms with Crippen LogP contribution in [0.25, 0.3) is 22.5 Å². The number of carboxylic acids is 1. The SMILES string of the molecule is CC(=O)c1ccc(-c2ccc(-c3ccco3)cc2C(=O)Nc2ccc(C(=N)NC(=O)OC(C)(C)C)cc2)c(C(=O)O)c1. The quantitative estimate of drug-likeness (QED) is 0.111. The molecule has 0 atom stereocenters. The predicted octanol–water partition coefficient (Wildman–Crippen LogP) is 6.62. The molecule has 214 valence electrons. The van der Waals surface area contributed by atoms with E-state index in [0.29, 0.717) is 28.1 Å². The molecule has 4 rings (SSSR count). The van der Waals surface area contributed by atoms with Gasteiger partial charge in [0.1, 0.15) is 17.2 Å². The van der Waals surface area contributed by atoms with Gasteiger partial charge in [-0.2, -0.15) is 0 Å². The third kappa shape index (κ3) is 6.97. The third-order valence-electron chi connectivity index (χ3n) is 6.07. The molecule has 0 bridgehead atoms. The Labute approximate surface area is 241 Å². The summed E-state index contributed by atoms with van der Waals surface area (Å²) >= 11 is 0. The number of aromatic carboxylic acids is 1. The number of furan rings is 1. The van der Waals surface area contributed by atoms with Gasteiger partial charge in [-0.25, -0.2) is 9.59 Å². The number of carbonyl (C=O) groups is 4. The van der Waals surface area contributed by atoms with Gasteiger partial charge < -0.3 is 19.6 Å². The number of benzene rings is 3. The van der Waals surface area contributed by atoms with Gasteiger partial charge >= 0.3 is 12.1 Å². The maximum absolute atomic E-state index is 13.6. The van der Waals surface area contributed by atoms with Crippen LogP contribution in [0.5, 0.6) is 0 Å². The maximum atomic E-state index is 13.6. The van der Waals surface area contributed by atoms with Crippen molar-refractivity contribution in [2.45, 2.75) is 33.3 Å². The zero-order valence-electron chi connectivity index (χ0n) is 23.4. The highest BCUT2D eigenvalue weighted by Crippen LogP contribution is 2.33. The fourth-order valence-corrected chi connectivity index (χ4v) is 4.13. The molecule has 42 heavy (non-hydrogen) atoms. The number of hydrogen-bond donors (Lipinski definition) is 4. The summed E-state index contributed by atoms with van der Waals surface area (Å²) in [4.78, 5) is 49.7. The molecule has 4 aromatic rings. The molecule has 0 saturated heterocycles. The van der Waals surface area contributed by atoms with Crippen LogP contribution >= 0.6 is 0 Å². The van der Waals surface area contributed by atoms with Crippen LogP contribution in [0.4, 0.5) is 10.5 Å². The molecular weight excluding hydrogens is 538 g/mol. The van der Waals surface area contributed by atoms with Crippen LogP contribution in [0.2, 0.25) is 0 Å². The average Bonchev–Trinajstić information content (AvgIpc) is 3.47. The van der Waals surface area contributed by atoms with Gasteiger partial charge in [-0.05, 0) is 87.4 Å². The van der Waals surface area contributed by atoms with Gasteiger partial charge in [-0.15, -0.1) is 0 Å². The summed E-state index contributed by atoms with van der Waals surface area (Å²) in [5.74, 6) is -1.71. The van der Waals surface area contributed by atoms with Crippen LogP contribution in [-0.2, 0) is 4.74 Å². The number of amides is 2. The van der Waals surface area contributed by atoms with Crippen molar-refractivity contribution in [1.82, 2.24) is 5.32 Å². The summed E-state index contributed by atoms with van der Waals surface area (Å²) in [5, 5.41) is 23.2. The Bertz CT molecular complexity index is 1680. The van der Waals surface area contributed by atoms with Crippen molar-refractivity contribution in [2.75, 3.05) is 5.32 Å². The topological polar surface area (TPSA) is 159 Å². The molecule has 0 spiro atoms. The molecule has 0 aliphatic rings. The first-order chi connectivity index (χ1) is 19.8. The number of carbonyl (C=O) groups excluding carboxylic acids is 3. The first-order valence-electron chi connectivity index (χ1n) is 12.9. The lowest BCUT2D eigenvalue weighted by Crippen LogP contribution is -2.36. The molecular formula is C32H29N3O7. The lowest BCUT2D eigenvalue weighted by Gasteiger charge is -2.19. The molecule has 0 aliphatic heterocycles. The Hall–Kier alpha value is -5.51. The van der Waals surface area contributed by atoms with Crippen molar-refractivity contribution in [3.05, 3.63) is 101 Å². The van der Waals surface area contributed by atoms with E-state index >= 15 is 0 Å². The highest BCUT2D eigenvalue weighted by Gasteiger charge is 2.22. The maximum Gasteiger partial charge on any atom is 0.413 e. The summed E-state index contributed by atoms with van der Waals surface area (Å²) < 4.78 is 10.7. The molecule has 1 aromatic heterocycles. The Morgan fingerprint density at radius 3 is 2.10 bits per heavy atom. The molecule has 10 heteroatoms. The van der Waals surface area contributed by atoms with E-state index in [9.17, 15) is 24.3 Å². The van der Waals surface area contributed by atoms with Gasteiger partial charge in [-0.1, -0.05) is 24.3 Å². The second-order valence-corrected chi connectivity index (χ2v) is 10.4. The largest absolute Gasteiger partial charge is 0.478 e. The number of carboxylic acid groups (broad SMARTS) is 1. The number of ketones is 1. The molecule has 1 heterocycles. The first-order valence-corrected chi connectivity index (χ1v) is 12.9. The number of nitrogens with one attached hydrogen (secondary N) is 3. The summed E-state index contributed by atoms with van der Waals surface area (Å²) in [6.45, 7) is 6.49. The van der Waals surface area contributed by atoms with E-state index in [0.717, 1.165) is 0 Å². The highest BCUT2D eigenvalue weighted by molar-refractivity contribution is 6.12. The monoisotopic (exact) mass is 567 g/mol. The minimum absolute atomic E-state index is 0.122. The van der Waals surface area contributed by atoms with Crippen molar-refractivity contribution in [3.63, 3.8) is 0 Å². The van der Waals surface area contributed by atoms with Crippen LogP contribution in [0.15, 0.2) is 83.5 Å². The molecule has 0 unspecified atom stereocenters. The molecule has 0 radical (unpaired) electrons. The van der Waals surface area contributed by atoms with E-state index in [1.165, 1.54) is 31.4 Å². The molecule has 0 saturated carbocycles. The van der Waals surface area contributed by atoms with E-state index in [4.69, 9.17) is 14.6 Å². The normalized spacial score (nSPS) is 11.0. The Morgan fingerprint density at radius 1 is 0.857 bits per heavy atom. The number of ether oxygens (including phenoxy) is 1. The van der Waals surface area contributed by atoms with Gasteiger partial charge in [-0.3, -0.25) is 20.3 Å². The second kappa shape index (κ2) is 11.9. The first kappa shape index (κ1) is 29.5. The van der Waals surface area contributed by atoms with Crippen LogP contribution in [0.3, 0.4) is 0 Å². The van der Waals surface area contributed by atoms with E-state index in [1.807, 2.05) is 0 Å². The number of rotatable bonds is 7. The number of alkyl carbamates (subject to hydrolysis) is 1. The summed E-state index contributed by atoms with van der Waals surface area (Å²) in [6, 6.07) is 19.0. The van der Waals surface area contributed by atoms with Crippen molar-refractivity contribution in [2.24, 2.45) is 0 Å². The van der Waals surface area contributed by atoms with Crippen LogP contribution in [-0.4, -0.2) is 40.3 Å². The molecule has 3 aromatic carbocycles. The van der Waals surface area contributed by atoms with Gasteiger partial charge in [0, 0.05) is 27.9 Å². The van der Waals surface area contributed by atoms with E-state index in [2.05, 4.69) is 10.6 Å². The summed E-state index contributed by atoms with van der Waals surface area (Å²) in [7, 11) is 0.